The van der Waals surface area contributed by atoms with Gasteiger partial charge < -0.3 is 20.8 Å². The molecule has 2 heterocycles. The van der Waals surface area contributed by atoms with Crippen molar-refractivity contribution in [2.45, 2.75) is 23.8 Å². The zero-order valence-electron chi connectivity index (χ0n) is 18.8. The van der Waals surface area contributed by atoms with Crippen LogP contribution in [0.2, 0.25) is 0 Å². The molecule has 4 N–H and O–H groups in total. The van der Waals surface area contributed by atoms with Crippen LogP contribution in [0.1, 0.15) is 21.6 Å². The Morgan fingerprint density at radius 3 is 2.57 bits per heavy atom. The van der Waals surface area contributed by atoms with Crippen LogP contribution in [0, 0.1) is 5.92 Å². The summed E-state index contributed by atoms with van der Waals surface area (Å²) in [5.41, 5.74) is 8.38. The van der Waals surface area contributed by atoms with Crippen LogP contribution in [0.3, 0.4) is 0 Å². The number of ether oxygens (including phenoxy) is 1. The Labute approximate surface area is 211 Å². The highest BCUT2D eigenvalue weighted by Crippen LogP contribution is 2.32. The van der Waals surface area contributed by atoms with Crippen molar-refractivity contribution < 1.29 is 22.7 Å². The topological polar surface area (TPSA) is 135 Å². The summed E-state index contributed by atoms with van der Waals surface area (Å²) in [6, 6.07) is 13.3. The van der Waals surface area contributed by atoms with Crippen LogP contribution in [0.4, 0.5) is 0 Å². The number of aromatic nitrogens is 1. The molecule has 1 fully saturated rings. The van der Waals surface area contributed by atoms with Crippen LogP contribution in [0.15, 0.2) is 51.8 Å². The van der Waals surface area contributed by atoms with Gasteiger partial charge in [0.2, 0.25) is 10.0 Å². The molecule has 1 aliphatic heterocycles. The van der Waals surface area contributed by atoms with Gasteiger partial charge in [-0.15, -0.1) is 0 Å². The van der Waals surface area contributed by atoms with E-state index in [2.05, 4.69) is 38.4 Å². The van der Waals surface area contributed by atoms with E-state index in [4.69, 9.17) is 10.5 Å². The van der Waals surface area contributed by atoms with Gasteiger partial charge in [0, 0.05) is 35.0 Å². The maximum absolute atomic E-state index is 13.7. The summed E-state index contributed by atoms with van der Waals surface area (Å²) in [7, 11) is -4.15. The minimum Gasteiger partial charge on any atom is -0.366 e. The van der Waals surface area contributed by atoms with Crippen molar-refractivity contribution in [2.75, 3.05) is 26.2 Å². The summed E-state index contributed by atoms with van der Waals surface area (Å²) in [5, 5.41) is 3.28. The molecule has 0 bridgehead atoms. The van der Waals surface area contributed by atoms with Crippen molar-refractivity contribution in [1.29, 1.82) is 0 Å². The van der Waals surface area contributed by atoms with Crippen molar-refractivity contribution >= 4 is 48.7 Å². The number of sulfonamides is 1. The van der Waals surface area contributed by atoms with Crippen LogP contribution in [-0.2, 0) is 32.4 Å². The van der Waals surface area contributed by atoms with E-state index in [0.29, 0.717) is 27.8 Å². The molecule has 0 spiro atoms. The number of amides is 2. The summed E-state index contributed by atoms with van der Waals surface area (Å²) >= 11 is 3.35. The molecule has 2 aromatic carbocycles. The van der Waals surface area contributed by atoms with Crippen molar-refractivity contribution in [1.82, 2.24) is 14.6 Å². The fourth-order valence-electron chi connectivity index (χ4n) is 4.87. The zero-order chi connectivity index (χ0) is 24.7. The average Bonchev–Trinajstić information content (AvgIpc) is 3.44. The number of fused-ring (bicyclic) bond motifs is 2. The van der Waals surface area contributed by atoms with E-state index < -0.39 is 22.0 Å². The largest absolute Gasteiger partial charge is 0.366 e. The van der Waals surface area contributed by atoms with Crippen LogP contribution in [-0.4, -0.2) is 61.9 Å². The van der Waals surface area contributed by atoms with Gasteiger partial charge in [-0.25, -0.2) is 8.42 Å². The van der Waals surface area contributed by atoms with Gasteiger partial charge in [-0.3, -0.25) is 9.59 Å². The van der Waals surface area contributed by atoms with Crippen molar-refractivity contribution in [3.05, 3.63) is 63.8 Å². The molecule has 184 valence electrons. The lowest BCUT2D eigenvalue weighted by atomic mass is 10.1. The monoisotopic (exact) mass is 560 g/mol. The van der Waals surface area contributed by atoms with Gasteiger partial charge in [-0.1, -0.05) is 40.2 Å². The molecule has 3 aromatic rings. The molecule has 5 rings (SSSR count). The Bertz CT molecular complexity index is 1400. The highest BCUT2D eigenvalue weighted by Gasteiger charge is 2.38. The number of benzene rings is 2. The number of hydrogen-bond donors (Lipinski definition) is 3. The van der Waals surface area contributed by atoms with E-state index in [9.17, 15) is 18.0 Å². The molecular formula is C24H25BrN4O5S. The first-order valence-electron chi connectivity index (χ1n) is 11.3. The first-order valence-corrected chi connectivity index (χ1v) is 13.5. The smallest absolute Gasteiger partial charge is 0.266 e. The van der Waals surface area contributed by atoms with Gasteiger partial charge in [0.15, 0.2) is 0 Å². The average molecular weight is 561 g/mol. The van der Waals surface area contributed by atoms with Gasteiger partial charge in [0.25, 0.3) is 11.8 Å². The third kappa shape index (κ3) is 4.61. The third-order valence-electron chi connectivity index (χ3n) is 6.58. The predicted octanol–water partition coefficient (Wildman–Crippen LogP) is 1.95. The summed E-state index contributed by atoms with van der Waals surface area (Å²) in [4.78, 5) is 27.6. The number of carbonyl (C=O) groups excluding carboxylic acids is 2. The Kier molecular flexibility index (Phi) is 6.43. The minimum absolute atomic E-state index is 0.0585. The number of nitrogens with zero attached hydrogens (tertiary/aromatic N) is 1. The molecule has 2 amide bonds. The number of carbonyl (C=O) groups is 2. The van der Waals surface area contributed by atoms with Crippen LogP contribution in [0.5, 0.6) is 0 Å². The maximum Gasteiger partial charge on any atom is 0.266 e. The van der Waals surface area contributed by atoms with Gasteiger partial charge in [0.1, 0.15) is 16.7 Å². The van der Waals surface area contributed by atoms with Gasteiger partial charge in [-0.2, -0.15) is 4.31 Å². The molecular weight excluding hydrogens is 536 g/mol. The van der Waals surface area contributed by atoms with Crippen molar-refractivity contribution in [2.24, 2.45) is 11.7 Å². The molecule has 35 heavy (non-hydrogen) atoms. The predicted molar refractivity (Wildman–Crippen MR) is 133 cm³/mol. The number of nitrogens with one attached hydrogen (secondary N) is 2. The third-order valence-corrected chi connectivity index (χ3v) is 9.02. The molecule has 0 radical (unpaired) electrons. The first kappa shape index (κ1) is 24.0. The Hall–Kier alpha value is -2.73. The number of aromatic amines is 1. The number of morpholine rings is 1. The van der Waals surface area contributed by atoms with E-state index in [1.807, 2.05) is 12.1 Å². The molecule has 1 atom stereocenters. The maximum atomic E-state index is 13.7. The van der Waals surface area contributed by atoms with Crippen molar-refractivity contribution in [3.8, 4) is 0 Å². The number of rotatable bonds is 6. The molecule has 2 aliphatic rings. The van der Waals surface area contributed by atoms with Gasteiger partial charge in [-0.05, 0) is 48.1 Å². The summed E-state index contributed by atoms with van der Waals surface area (Å²) in [5.74, 6) is -0.934. The molecule has 0 saturated carbocycles. The fraction of sp³-hybridized carbons (Fsp3) is 0.333. The lowest BCUT2D eigenvalue weighted by Gasteiger charge is -2.31. The van der Waals surface area contributed by atoms with E-state index >= 15 is 0 Å². The minimum atomic E-state index is -4.15. The molecule has 1 unspecified atom stereocenters. The number of primary amides is 1. The second-order valence-corrected chi connectivity index (χ2v) is 11.7. The van der Waals surface area contributed by atoms with E-state index in [0.717, 1.165) is 12.8 Å². The van der Waals surface area contributed by atoms with Gasteiger partial charge in [0.05, 0.1) is 6.61 Å². The Morgan fingerprint density at radius 1 is 1.17 bits per heavy atom. The molecule has 1 aliphatic carbocycles. The van der Waals surface area contributed by atoms with Crippen LogP contribution < -0.4 is 11.1 Å². The summed E-state index contributed by atoms with van der Waals surface area (Å²) < 4.78 is 34.8. The lowest BCUT2D eigenvalue weighted by molar-refractivity contribution is -0.136. The molecule has 1 saturated heterocycles. The quantitative estimate of drug-likeness (QED) is 0.423. The molecule has 9 nitrogen and oxygen atoms in total. The second kappa shape index (κ2) is 9.38. The number of H-pyrrole nitrogens is 1. The van der Waals surface area contributed by atoms with Crippen LogP contribution >= 0.6 is 15.9 Å². The fourth-order valence-corrected chi connectivity index (χ4v) is 6.99. The highest BCUT2D eigenvalue weighted by molar-refractivity contribution is 9.10. The number of nitrogens with two attached hydrogens (primary N) is 1. The first-order chi connectivity index (χ1) is 16.7. The number of halogens is 1. The SMILES string of the molecule is NC(=O)c1[nH]c2ccc(Br)cc2c1S(=O)(=O)N1CCOC(C(=O)NCC2Cc3ccccc3C2)C1. The number of hydrogen-bond acceptors (Lipinski definition) is 5. The van der Waals surface area contributed by atoms with Gasteiger partial charge >= 0.3 is 0 Å². The Morgan fingerprint density at radius 2 is 1.89 bits per heavy atom. The summed E-state index contributed by atoms with van der Waals surface area (Å²) in [6.45, 7) is 0.452. The Balaban J connectivity index is 1.32. The lowest BCUT2D eigenvalue weighted by Crippen LogP contribution is -2.52. The van der Waals surface area contributed by atoms with E-state index in [1.54, 1.807) is 18.2 Å². The van der Waals surface area contributed by atoms with Crippen LogP contribution in [0.25, 0.3) is 10.9 Å². The summed E-state index contributed by atoms with van der Waals surface area (Å²) in [6.07, 6.45) is 0.847. The van der Waals surface area contributed by atoms with E-state index in [-0.39, 0.29) is 36.2 Å². The highest BCUT2D eigenvalue weighted by atomic mass is 79.9. The molecule has 11 heteroatoms. The second-order valence-electron chi connectivity index (χ2n) is 8.89. The zero-order valence-corrected chi connectivity index (χ0v) is 21.2. The van der Waals surface area contributed by atoms with E-state index in [1.165, 1.54) is 15.4 Å². The van der Waals surface area contributed by atoms with Crippen molar-refractivity contribution in [3.63, 3.8) is 0 Å². The molecule has 1 aromatic heterocycles. The standard InChI is InChI=1S/C24H25BrN4O5S/c25-17-5-6-19-18(11-17)22(21(28-19)23(26)30)35(32,33)29-7-8-34-20(13-29)24(31)27-12-14-9-15-3-1-2-4-16(15)10-14/h1-6,11,14,20,28H,7-10,12-13H2,(H2,26,30)(H,27,31). The normalized spacial score (nSPS) is 19.1.